The Labute approximate surface area is 158 Å². The summed E-state index contributed by atoms with van der Waals surface area (Å²) >= 11 is 0. The van der Waals surface area contributed by atoms with Gasteiger partial charge in [-0.2, -0.15) is 0 Å². The van der Waals surface area contributed by atoms with Gasteiger partial charge in [-0.1, -0.05) is 12.8 Å². The van der Waals surface area contributed by atoms with Crippen LogP contribution in [0.3, 0.4) is 0 Å². The van der Waals surface area contributed by atoms with Crippen molar-refractivity contribution in [2.24, 2.45) is 5.92 Å². The Morgan fingerprint density at radius 1 is 1.04 bits per heavy atom. The molecule has 0 aromatic heterocycles. The number of rotatable bonds is 6. The van der Waals surface area contributed by atoms with E-state index in [9.17, 15) is 18.4 Å². The van der Waals surface area contributed by atoms with Crippen LogP contribution in [0.25, 0.3) is 0 Å². The van der Waals surface area contributed by atoms with Gasteiger partial charge in [0.1, 0.15) is 17.6 Å². The van der Waals surface area contributed by atoms with Gasteiger partial charge >= 0.3 is 0 Å². The average molecular weight is 379 g/mol. The van der Waals surface area contributed by atoms with Gasteiger partial charge in [0.15, 0.2) is 0 Å². The van der Waals surface area contributed by atoms with Crippen LogP contribution in [0.2, 0.25) is 0 Å². The molecule has 1 N–H and O–H groups in total. The van der Waals surface area contributed by atoms with Crippen LogP contribution in [-0.2, 0) is 9.59 Å². The Morgan fingerprint density at radius 2 is 1.70 bits per heavy atom. The van der Waals surface area contributed by atoms with Gasteiger partial charge < -0.3 is 15.1 Å². The zero-order chi connectivity index (χ0) is 19.2. The molecule has 2 heterocycles. The lowest BCUT2D eigenvalue weighted by molar-refractivity contribution is -0.132. The number of nitrogens with one attached hydrogen (secondary N) is 1. The number of hydrogen-bond donors (Lipinski definition) is 1. The summed E-state index contributed by atoms with van der Waals surface area (Å²) in [7, 11) is 0. The molecule has 1 unspecified atom stereocenters. The first kappa shape index (κ1) is 19.7. The van der Waals surface area contributed by atoms with Gasteiger partial charge in [0.25, 0.3) is 0 Å². The van der Waals surface area contributed by atoms with E-state index in [1.807, 2.05) is 0 Å². The third-order valence-electron chi connectivity index (χ3n) is 5.33. The number of likely N-dealkylation sites (tertiary alicyclic amines) is 1. The van der Waals surface area contributed by atoms with Gasteiger partial charge in [-0.05, 0) is 57.5 Å². The number of carbonyl (C=O) groups excluding carboxylic acids is 2. The lowest BCUT2D eigenvalue weighted by Crippen LogP contribution is -2.38. The molecule has 27 heavy (non-hydrogen) atoms. The summed E-state index contributed by atoms with van der Waals surface area (Å²) in [6.07, 6.45) is 6.27. The van der Waals surface area contributed by atoms with E-state index < -0.39 is 23.5 Å². The summed E-state index contributed by atoms with van der Waals surface area (Å²) in [4.78, 5) is 28.6. The monoisotopic (exact) mass is 379 g/mol. The zero-order valence-electron chi connectivity index (χ0n) is 15.6. The Balaban J connectivity index is 1.45. The Kier molecular flexibility index (Phi) is 6.77. The Hall–Kier alpha value is -2.02. The Morgan fingerprint density at radius 3 is 2.37 bits per heavy atom. The minimum Gasteiger partial charge on any atom is -0.355 e. The first-order valence-corrected chi connectivity index (χ1v) is 9.82. The quantitative estimate of drug-likeness (QED) is 0.611. The van der Waals surface area contributed by atoms with E-state index in [1.54, 1.807) is 0 Å². The van der Waals surface area contributed by atoms with E-state index in [0.29, 0.717) is 13.0 Å². The fourth-order valence-corrected chi connectivity index (χ4v) is 3.87. The van der Waals surface area contributed by atoms with Gasteiger partial charge in [0.2, 0.25) is 11.8 Å². The van der Waals surface area contributed by atoms with E-state index in [0.717, 1.165) is 44.3 Å². The summed E-state index contributed by atoms with van der Waals surface area (Å²) in [5, 5.41) is 2.84. The van der Waals surface area contributed by atoms with Crippen LogP contribution >= 0.6 is 0 Å². The molecule has 1 atom stereocenters. The number of carbonyl (C=O) groups is 2. The van der Waals surface area contributed by atoms with Gasteiger partial charge in [0, 0.05) is 24.8 Å². The molecule has 0 saturated carbocycles. The maximum Gasteiger partial charge on any atom is 0.239 e. The highest BCUT2D eigenvalue weighted by Gasteiger charge is 2.37. The second kappa shape index (κ2) is 9.26. The first-order valence-electron chi connectivity index (χ1n) is 9.82. The highest BCUT2D eigenvalue weighted by atomic mass is 19.1. The average Bonchev–Trinajstić information content (AvgIpc) is 2.83. The summed E-state index contributed by atoms with van der Waals surface area (Å²) < 4.78 is 26.8. The fourth-order valence-electron chi connectivity index (χ4n) is 3.87. The van der Waals surface area contributed by atoms with Crippen molar-refractivity contribution in [3.63, 3.8) is 0 Å². The minimum absolute atomic E-state index is 0.161. The summed E-state index contributed by atoms with van der Waals surface area (Å²) in [5.41, 5.74) is 0.161. The molecule has 0 bridgehead atoms. The number of halogens is 2. The first-order chi connectivity index (χ1) is 13.0. The molecule has 7 heteroatoms. The van der Waals surface area contributed by atoms with Crippen molar-refractivity contribution < 1.29 is 18.4 Å². The van der Waals surface area contributed by atoms with Crippen LogP contribution in [-0.4, -0.2) is 49.4 Å². The molecule has 3 rings (SSSR count). The predicted molar refractivity (Wildman–Crippen MR) is 99.4 cm³/mol. The number of amides is 2. The normalized spacial score (nSPS) is 21.3. The number of nitrogens with zero attached hydrogens (tertiary/aromatic N) is 2. The molecule has 1 aromatic rings. The summed E-state index contributed by atoms with van der Waals surface area (Å²) in [6, 6.07) is 2.99. The molecule has 0 spiro atoms. The van der Waals surface area contributed by atoms with Gasteiger partial charge in [-0.25, -0.2) is 8.78 Å². The third-order valence-corrected chi connectivity index (χ3v) is 5.33. The minimum atomic E-state index is -0.783. The fraction of sp³-hybridized carbons (Fsp3) is 0.600. The molecular formula is C20H27F2N3O2. The molecule has 0 aliphatic carbocycles. The predicted octanol–water partition coefficient (Wildman–Crippen LogP) is 2.70. The van der Waals surface area contributed by atoms with Gasteiger partial charge in [-0.15, -0.1) is 0 Å². The molecular weight excluding hydrogens is 352 g/mol. The number of hydrogen-bond acceptors (Lipinski definition) is 3. The lowest BCUT2D eigenvalue weighted by Gasteiger charge is -2.20. The number of benzene rings is 1. The molecule has 2 aliphatic heterocycles. The smallest absolute Gasteiger partial charge is 0.239 e. The van der Waals surface area contributed by atoms with Crippen molar-refractivity contribution in [2.45, 2.75) is 38.5 Å². The molecule has 0 radical (unpaired) electrons. The van der Waals surface area contributed by atoms with Crippen LogP contribution in [0.15, 0.2) is 18.2 Å². The van der Waals surface area contributed by atoms with E-state index in [4.69, 9.17) is 0 Å². The van der Waals surface area contributed by atoms with Crippen molar-refractivity contribution in [1.29, 1.82) is 0 Å². The summed E-state index contributed by atoms with van der Waals surface area (Å²) in [5.74, 6) is -2.95. The lowest BCUT2D eigenvalue weighted by atomic mass is 10.1. The largest absolute Gasteiger partial charge is 0.355 e. The van der Waals surface area contributed by atoms with Crippen molar-refractivity contribution in [3.8, 4) is 0 Å². The molecule has 2 saturated heterocycles. The van der Waals surface area contributed by atoms with Crippen LogP contribution in [0.5, 0.6) is 0 Å². The second-order valence-electron chi connectivity index (χ2n) is 7.36. The van der Waals surface area contributed by atoms with Crippen LogP contribution in [0.4, 0.5) is 14.5 Å². The highest BCUT2D eigenvalue weighted by Crippen LogP contribution is 2.26. The van der Waals surface area contributed by atoms with E-state index in [1.165, 1.54) is 30.6 Å². The van der Waals surface area contributed by atoms with Crippen molar-refractivity contribution in [3.05, 3.63) is 29.8 Å². The maximum absolute atomic E-state index is 13.4. The van der Waals surface area contributed by atoms with Crippen molar-refractivity contribution in [1.82, 2.24) is 10.2 Å². The third kappa shape index (κ3) is 5.25. The molecule has 148 valence electrons. The Bertz CT molecular complexity index is 655. The summed E-state index contributed by atoms with van der Waals surface area (Å²) in [6.45, 7) is 4.01. The maximum atomic E-state index is 13.4. The van der Waals surface area contributed by atoms with Crippen molar-refractivity contribution in [2.75, 3.05) is 37.6 Å². The zero-order valence-corrected chi connectivity index (χ0v) is 15.6. The molecule has 2 aliphatic rings. The second-order valence-corrected chi connectivity index (χ2v) is 7.36. The standard InChI is InChI=1S/C20H27F2N3O2/c21-15-12-16(22)14-17(13-15)25-11-6-18(20(25)27)19(26)23-7-5-10-24-8-3-1-2-4-9-24/h12-14,18H,1-11H2,(H,23,26). The molecule has 2 fully saturated rings. The van der Waals surface area contributed by atoms with Gasteiger partial charge in [0.05, 0.1) is 0 Å². The van der Waals surface area contributed by atoms with E-state index >= 15 is 0 Å². The van der Waals surface area contributed by atoms with Crippen LogP contribution < -0.4 is 10.2 Å². The number of anilines is 1. The van der Waals surface area contributed by atoms with E-state index in [-0.39, 0.29) is 18.1 Å². The van der Waals surface area contributed by atoms with Crippen LogP contribution in [0, 0.1) is 17.6 Å². The van der Waals surface area contributed by atoms with E-state index in [2.05, 4.69) is 10.2 Å². The van der Waals surface area contributed by atoms with Gasteiger partial charge in [-0.3, -0.25) is 9.59 Å². The van der Waals surface area contributed by atoms with Crippen molar-refractivity contribution >= 4 is 17.5 Å². The topological polar surface area (TPSA) is 52.7 Å². The van der Waals surface area contributed by atoms with Crippen LogP contribution in [0.1, 0.15) is 38.5 Å². The highest BCUT2D eigenvalue weighted by molar-refractivity contribution is 6.09. The SMILES string of the molecule is O=C(NCCCN1CCCCCC1)C1CCN(c2cc(F)cc(F)c2)C1=O. The molecule has 5 nitrogen and oxygen atoms in total. The molecule has 1 aromatic carbocycles. The molecule has 2 amide bonds.